The number of carbonyl (C=O) groups is 1. The normalized spacial score (nSPS) is 29.6. The number of esters is 1. The predicted octanol–water partition coefficient (Wildman–Crippen LogP) is 2.94. The minimum atomic E-state index is -0.110. The number of hydrogen-bond donors (Lipinski definition) is 0. The van der Waals surface area contributed by atoms with Crippen molar-refractivity contribution in [1.29, 1.82) is 0 Å². The number of likely N-dealkylation sites (tertiary alicyclic amines) is 1. The molecule has 1 aliphatic carbocycles. The van der Waals surface area contributed by atoms with Gasteiger partial charge < -0.3 is 4.74 Å². The van der Waals surface area contributed by atoms with Crippen LogP contribution >= 0.6 is 0 Å². The first-order valence-corrected chi connectivity index (χ1v) is 7.28. The Labute approximate surface area is 120 Å². The van der Waals surface area contributed by atoms with Crippen LogP contribution in [0.1, 0.15) is 31.4 Å². The highest BCUT2D eigenvalue weighted by Gasteiger charge is 2.45. The van der Waals surface area contributed by atoms with Gasteiger partial charge in [-0.15, -0.1) is 0 Å². The molecule has 2 aliphatic rings. The van der Waals surface area contributed by atoms with Crippen molar-refractivity contribution in [3.05, 3.63) is 48.0 Å². The molecule has 0 amide bonds. The van der Waals surface area contributed by atoms with E-state index in [-0.39, 0.29) is 12.0 Å². The largest absolute Gasteiger partial charge is 0.469 e. The second kappa shape index (κ2) is 5.41. The lowest BCUT2D eigenvalue weighted by Crippen LogP contribution is -2.41. The molecular weight excluding hydrogens is 250 g/mol. The summed E-state index contributed by atoms with van der Waals surface area (Å²) in [6, 6.07) is 11.6. The van der Waals surface area contributed by atoms with Gasteiger partial charge >= 0.3 is 5.97 Å². The highest BCUT2D eigenvalue weighted by Crippen LogP contribution is 2.43. The van der Waals surface area contributed by atoms with Gasteiger partial charge in [-0.3, -0.25) is 9.69 Å². The van der Waals surface area contributed by atoms with Crippen molar-refractivity contribution in [2.24, 2.45) is 5.92 Å². The van der Waals surface area contributed by atoms with Gasteiger partial charge in [0.2, 0.25) is 0 Å². The third-order valence-electron chi connectivity index (χ3n) is 4.69. The molecule has 1 aliphatic heterocycles. The zero-order valence-electron chi connectivity index (χ0n) is 12.0. The predicted molar refractivity (Wildman–Crippen MR) is 78.2 cm³/mol. The van der Waals surface area contributed by atoms with Gasteiger partial charge in [-0.1, -0.05) is 42.5 Å². The molecule has 1 saturated heterocycles. The Balaban J connectivity index is 1.83. The zero-order chi connectivity index (χ0) is 14.1. The summed E-state index contributed by atoms with van der Waals surface area (Å²) in [6.45, 7) is 2.23. The zero-order valence-corrected chi connectivity index (χ0v) is 12.0. The molecule has 106 valence electrons. The van der Waals surface area contributed by atoms with Crippen LogP contribution in [0, 0.1) is 5.92 Å². The molecule has 3 heteroatoms. The van der Waals surface area contributed by atoms with Crippen LogP contribution in [0.3, 0.4) is 0 Å². The van der Waals surface area contributed by atoms with E-state index in [1.165, 1.54) is 12.7 Å². The standard InChI is InChI=1S/C17H21NO2/c1-12(13-6-4-3-5-7-13)18-15-9-8-14(10-15)16(18)11-17(19)20-2/h3-9,12,14-16H,10-11H2,1-2H3/t12-,14?,15?,16?/m0/s1. The SMILES string of the molecule is COC(=O)CC1C2C=CC(C2)N1[C@@H](C)c1ccccc1. The van der Waals surface area contributed by atoms with Crippen LogP contribution in [0.5, 0.6) is 0 Å². The van der Waals surface area contributed by atoms with Crippen LogP contribution in [-0.2, 0) is 9.53 Å². The van der Waals surface area contributed by atoms with Crippen LogP contribution in [0.15, 0.2) is 42.5 Å². The van der Waals surface area contributed by atoms with Gasteiger partial charge in [0.05, 0.1) is 13.5 Å². The van der Waals surface area contributed by atoms with E-state index >= 15 is 0 Å². The topological polar surface area (TPSA) is 29.5 Å². The van der Waals surface area contributed by atoms with Crippen LogP contribution in [0.2, 0.25) is 0 Å². The average molecular weight is 271 g/mol. The molecule has 20 heavy (non-hydrogen) atoms. The molecule has 3 rings (SSSR count). The number of fused-ring (bicyclic) bond motifs is 2. The Morgan fingerprint density at radius 2 is 2.10 bits per heavy atom. The Bertz CT molecular complexity index is 511. The molecule has 0 radical (unpaired) electrons. The van der Waals surface area contributed by atoms with Gasteiger partial charge in [0.25, 0.3) is 0 Å². The van der Waals surface area contributed by atoms with E-state index in [2.05, 4.69) is 48.2 Å². The van der Waals surface area contributed by atoms with Crippen molar-refractivity contribution >= 4 is 5.97 Å². The molecule has 0 N–H and O–H groups in total. The number of nitrogens with zero attached hydrogens (tertiary/aromatic N) is 1. The van der Waals surface area contributed by atoms with E-state index in [0.29, 0.717) is 24.4 Å². The molecular formula is C17H21NO2. The molecule has 2 bridgehead atoms. The highest BCUT2D eigenvalue weighted by molar-refractivity contribution is 5.70. The van der Waals surface area contributed by atoms with Gasteiger partial charge in [0.1, 0.15) is 0 Å². The fourth-order valence-corrected chi connectivity index (χ4v) is 3.67. The number of rotatable bonds is 4. The second-order valence-corrected chi connectivity index (χ2v) is 5.73. The fraction of sp³-hybridized carbons (Fsp3) is 0.471. The van der Waals surface area contributed by atoms with Crippen molar-refractivity contribution < 1.29 is 9.53 Å². The van der Waals surface area contributed by atoms with E-state index in [1.54, 1.807) is 0 Å². The van der Waals surface area contributed by atoms with Gasteiger partial charge in [0.15, 0.2) is 0 Å². The lowest BCUT2D eigenvalue weighted by Gasteiger charge is -2.37. The van der Waals surface area contributed by atoms with Gasteiger partial charge in [-0.25, -0.2) is 0 Å². The van der Waals surface area contributed by atoms with E-state index in [0.717, 1.165) is 6.42 Å². The Hall–Kier alpha value is -1.61. The Morgan fingerprint density at radius 3 is 2.80 bits per heavy atom. The molecule has 1 aromatic carbocycles. The van der Waals surface area contributed by atoms with Crippen LogP contribution in [0.4, 0.5) is 0 Å². The average Bonchev–Trinajstić information content (AvgIpc) is 3.08. The summed E-state index contributed by atoms with van der Waals surface area (Å²) in [5, 5.41) is 0. The van der Waals surface area contributed by atoms with Crippen molar-refractivity contribution in [2.45, 2.75) is 37.9 Å². The maximum absolute atomic E-state index is 11.7. The molecule has 1 aromatic rings. The van der Waals surface area contributed by atoms with E-state index in [4.69, 9.17) is 4.74 Å². The summed E-state index contributed by atoms with van der Waals surface area (Å²) in [6.07, 6.45) is 6.18. The minimum absolute atomic E-state index is 0.110. The fourth-order valence-electron chi connectivity index (χ4n) is 3.67. The molecule has 3 unspecified atom stereocenters. The Morgan fingerprint density at radius 1 is 1.35 bits per heavy atom. The first kappa shape index (κ1) is 13.4. The van der Waals surface area contributed by atoms with E-state index in [9.17, 15) is 4.79 Å². The van der Waals surface area contributed by atoms with Crippen LogP contribution in [0.25, 0.3) is 0 Å². The summed E-state index contributed by atoms with van der Waals surface area (Å²) in [4.78, 5) is 14.2. The van der Waals surface area contributed by atoms with Crippen molar-refractivity contribution in [2.75, 3.05) is 7.11 Å². The smallest absolute Gasteiger partial charge is 0.307 e. The lowest BCUT2D eigenvalue weighted by atomic mass is 9.96. The van der Waals surface area contributed by atoms with Crippen molar-refractivity contribution in [3.8, 4) is 0 Å². The number of hydrogen-bond acceptors (Lipinski definition) is 3. The summed E-state index contributed by atoms with van der Waals surface area (Å²) in [5.41, 5.74) is 1.31. The van der Waals surface area contributed by atoms with Crippen LogP contribution in [-0.4, -0.2) is 30.1 Å². The Kier molecular flexibility index (Phi) is 3.62. The minimum Gasteiger partial charge on any atom is -0.469 e. The second-order valence-electron chi connectivity index (χ2n) is 5.73. The summed E-state index contributed by atoms with van der Waals surface area (Å²) >= 11 is 0. The van der Waals surface area contributed by atoms with Crippen LogP contribution < -0.4 is 0 Å². The molecule has 1 fully saturated rings. The van der Waals surface area contributed by atoms with Crippen molar-refractivity contribution in [1.82, 2.24) is 4.90 Å². The molecule has 1 heterocycles. The first-order chi connectivity index (χ1) is 9.70. The van der Waals surface area contributed by atoms with E-state index < -0.39 is 0 Å². The third-order valence-corrected chi connectivity index (χ3v) is 4.69. The number of methoxy groups -OCH3 is 1. The quantitative estimate of drug-likeness (QED) is 0.623. The molecule has 0 saturated carbocycles. The third kappa shape index (κ3) is 2.27. The van der Waals surface area contributed by atoms with Gasteiger partial charge in [-0.2, -0.15) is 0 Å². The molecule has 0 aromatic heterocycles. The summed E-state index contributed by atoms with van der Waals surface area (Å²) < 4.78 is 4.86. The molecule has 4 atom stereocenters. The maximum Gasteiger partial charge on any atom is 0.307 e. The number of ether oxygens (including phenoxy) is 1. The summed E-state index contributed by atoms with van der Waals surface area (Å²) in [7, 11) is 1.47. The van der Waals surface area contributed by atoms with Gasteiger partial charge in [0, 0.05) is 18.1 Å². The number of benzene rings is 1. The van der Waals surface area contributed by atoms with Crippen molar-refractivity contribution in [3.63, 3.8) is 0 Å². The molecule has 3 nitrogen and oxygen atoms in total. The first-order valence-electron chi connectivity index (χ1n) is 7.28. The van der Waals surface area contributed by atoms with Gasteiger partial charge in [-0.05, 0) is 24.8 Å². The number of carbonyl (C=O) groups excluding carboxylic acids is 1. The monoisotopic (exact) mass is 271 g/mol. The molecule has 0 spiro atoms. The van der Waals surface area contributed by atoms with E-state index in [1.807, 2.05) is 6.07 Å². The maximum atomic E-state index is 11.7. The highest BCUT2D eigenvalue weighted by atomic mass is 16.5. The lowest BCUT2D eigenvalue weighted by molar-refractivity contribution is -0.142. The summed E-state index contributed by atoms with van der Waals surface area (Å²) in [5.74, 6) is 0.381.